The van der Waals surface area contributed by atoms with Gasteiger partial charge in [-0.15, -0.1) is 11.8 Å². The molecule has 0 bridgehead atoms. The fourth-order valence-corrected chi connectivity index (χ4v) is 5.01. The molecule has 35 heavy (non-hydrogen) atoms. The van der Waals surface area contributed by atoms with E-state index in [2.05, 4.69) is 5.32 Å². The number of benzene rings is 2. The van der Waals surface area contributed by atoms with Crippen molar-refractivity contribution in [1.82, 2.24) is 10.2 Å². The molecule has 0 aromatic heterocycles. The quantitative estimate of drug-likeness (QED) is 0.254. The van der Waals surface area contributed by atoms with Crippen LogP contribution in [0.5, 0.6) is 0 Å². The van der Waals surface area contributed by atoms with Gasteiger partial charge in [-0.2, -0.15) is 0 Å². The molecule has 1 saturated heterocycles. The van der Waals surface area contributed by atoms with Crippen molar-refractivity contribution in [3.05, 3.63) is 86.3 Å². The van der Waals surface area contributed by atoms with Gasteiger partial charge >= 0.3 is 11.9 Å². The van der Waals surface area contributed by atoms with E-state index in [0.29, 0.717) is 11.1 Å². The number of nitro groups is 1. The van der Waals surface area contributed by atoms with E-state index >= 15 is 0 Å². The summed E-state index contributed by atoms with van der Waals surface area (Å²) in [6.07, 6.45) is 0. The van der Waals surface area contributed by atoms with Gasteiger partial charge in [-0.25, -0.2) is 9.59 Å². The van der Waals surface area contributed by atoms with Crippen LogP contribution in [-0.2, 0) is 20.9 Å². The van der Waals surface area contributed by atoms with Crippen molar-refractivity contribution < 1.29 is 33.9 Å². The van der Waals surface area contributed by atoms with Crippen molar-refractivity contribution in [2.75, 3.05) is 0 Å². The lowest BCUT2D eigenvalue weighted by Gasteiger charge is -2.51. The number of carbonyl (C=O) groups excluding carboxylic acids is 3. The number of carboxylic acid groups (broad SMARTS) is 1. The van der Waals surface area contributed by atoms with E-state index in [1.165, 1.54) is 65.2 Å². The maximum absolute atomic E-state index is 12.9. The highest BCUT2D eigenvalue weighted by Crippen LogP contribution is 2.40. The molecule has 180 valence electrons. The second kappa shape index (κ2) is 9.58. The monoisotopic (exact) mass is 497 g/mol. The molecule has 0 radical (unpaired) electrons. The van der Waals surface area contributed by atoms with Crippen LogP contribution in [0, 0.1) is 10.1 Å². The van der Waals surface area contributed by atoms with Gasteiger partial charge in [0.15, 0.2) is 6.04 Å². The van der Waals surface area contributed by atoms with E-state index in [4.69, 9.17) is 4.74 Å². The van der Waals surface area contributed by atoms with Gasteiger partial charge in [-0.3, -0.25) is 19.7 Å². The lowest BCUT2D eigenvalue weighted by molar-refractivity contribution is -0.384. The van der Waals surface area contributed by atoms with Crippen LogP contribution in [0.1, 0.15) is 33.2 Å². The number of nitrogens with one attached hydrogen (secondary N) is 1. The number of aromatic carboxylic acids is 1. The summed E-state index contributed by atoms with van der Waals surface area (Å²) < 4.78 is 5.36. The van der Waals surface area contributed by atoms with Gasteiger partial charge in [0, 0.05) is 12.1 Å². The number of carbonyl (C=O) groups is 4. The van der Waals surface area contributed by atoms with Crippen LogP contribution < -0.4 is 5.32 Å². The number of nitrogens with zero attached hydrogens (tertiary/aromatic N) is 2. The van der Waals surface area contributed by atoms with Gasteiger partial charge in [-0.05, 0) is 47.7 Å². The Kier molecular flexibility index (Phi) is 6.56. The Bertz CT molecular complexity index is 1260. The zero-order valence-electron chi connectivity index (χ0n) is 18.2. The van der Waals surface area contributed by atoms with Crippen molar-refractivity contribution in [3.63, 3.8) is 0 Å². The number of amides is 2. The van der Waals surface area contributed by atoms with Crippen LogP contribution in [0.25, 0.3) is 0 Å². The summed E-state index contributed by atoms with van der Waals surface area (Å²) in [6, 6.07) is 9.30. The molecule has 2 aliphatic rings. The minimum Gasteiger partial charge on any atom is -0.478 e. The number of hydrogen-bond donors (Lipinski definition) is 2. The third-order valence-corrected chi connectivity index (χ3v) is 6.91. The molecule has 2 amide bonds. The largest absolute Gasteiger partial charge is 0.478 e. The Balaban J connectivity index is 1.43. The lowest BCUT2D eigenvalue weighted by atomic mass is 9.98. The number of rotatable bonds is 7. The topological polar surface area (TPSA) is 156 Å². The zero-order chi connectivity index (χ0) is 25.3. The molecule has 2 aliphatic heterocycles. The molecule has 1 fully saturated rings. The highest BCUT2D eigenvalue weighted by atomic mass is 32.2. The minimum atomic E-state index is -1.27. The summed E-state index contributed by atoms with van der Waals surface area (Å²) in [5, 5.41) is 23.8. The average molecular weight is 497 g/mol. The maximum Gasteiger partial charge on any atom is 0.336 e. The summed E-state index contributed by atoms with van der Waals surface area (Å²) in [4.78, 5) is 61.4. The first-order chi connectivity index (χ1) is 16.7. The van der Waals surface area contributed by atoms with Crippen molar-refractivity contribution in [2.45, 2.75) is 31.0 Å². The number of fused-ring (bicyclic) bond motifs is 1. The maximum atomic E-state index is 12.9. The molecule has 2 aromatic rings. The number of esters is 1. The Morgan fingerprint density at radius 2 is 1.80 bits per heavy atom. The molecule has 0 spiro atoms. The molecule has 2 heterocycles. The van der Waals surface area contributed by atoms with Crippen LogP contribution in [0.2, 0.25) is 0 Å². The molecule has 0 saturated carbocycles. The normalized spacial score (nSPS) is 20.7. The van der Waals surface area contributed by atoms with Gasteiger partial charge in [0.2, 0.25) is 5.91 Å². The summed E-state index contributed by atoms with van der Waals surface area (Å²) in [6.45, 7) is 1.55. The lowest BCUT2D eigenvalue weighted by Crippen LogP contribution is -2.73. The van der Waals surface area contributed by atoms with E-state index in [9.17, 15) is 34.4 Å². The van der Waals surface area contributed by atoms with E-state index in [-0.39, 0.29) is 23.4 Å². The van der Waals surface area contributed by atoms with Gasteiger partial charge < -0.3 is 20.1 Å². The van der Waals surface area contributed by atoms with Crippen LogP contribution in [0.4, 0.5) is 5.69 Å². The molecule has 2 N–H and O–H groups in total. The molecular weight excluding hydrogens is 478 g/mol. The second-order valence-electron chi connectivity index (χ2n) is 7.87. The second-order valence-corrected chi connectivity index (χ2v) is 8.86. The number of hydrogen-bond acceptors (Lipinski definition) is 8. The molecule has 3 atom stereocenters. The van der Waals surface area contributed by atoms with Gasteiger partial charge in [-0.1, -0.05) is 12.1 Å². The van der Waals surface area contributed by atoms with Crippen LogP contribution in [-0.4, -0.2) is 56.1 Å². The van der Waals surface area contributed by atoms with E-state index in [1.54, 1.807) is 12.3 Å². The van der Waals surface area contributed by atoms with Crippen LogP contribution in [0.3, 0.4) is 0 Å². The van der Waals surface area contributed by atoms with Crippen molar-refractivity contribution in [2.24, 2.45) is 0 Å². The first-order valence-corrected chi connectivity index (χ1v) is 11.3. The molecule has 11 nitrogen and oxygen atoms in total. The summed E-state index contributed by atoms with van der Waals surface area (Å²) in [5.74, 6) is -3.13. The van der Waals surface area contributed by atoms with Gasteiger partial charge in [0.1, 0.15) is 18.0 Å². The van der Waals surface area contributed by atoms with Gasteiger partial charge in [0.05, 0.1) is 16.1 Å². The van der Waals surface area contributed by atoms with E-state index in [0.717, 1.165) is 0 Å². The first-order valence-electron chi connectivity index (χ1n) is 10.4. The third kappa shape index (κ3) is 4.60. The van der Waals surface area contributed by atoms with E-state index in [1.807, 2.05) is 0 Å². The highest BCUT2D eigenvalue weighted by molar-refractivity contribution is 8.02. The third-order valence-electron chi connectivity index (χ3n) is 5.62. The molecule has 2 unspecified atom stereocenters. The summed E-state index contributed by atoms with van der Waals surface area (Å²) in [5.41, 5.74) is 0.793. The molecule has 0 aliphatic carbocycles. The fourth-order valence-electron chi connectivity index (χ4n) is 3.83. The Hall–Kier alpha value is -4.19. The van der Waals surface area contributed by atoms with Gasteiger partial charge in [0.25, 0.3) is 11.6 Å². The van der Waals surface area contributed by atoms with E-state index < -0.39 is 46.1 Å². The Labute approximate surface area is 202 Å². The number of ether oxygens (including phenoxy) is 1. The number of thioether (sulfide) groups is 1. The molecule has 4 rings (SSSR count). The van der Waals surface area contributed by atoms with Crippen molar-refractivity contribution in [1.29, 1.82) is 0 Å². The number of non-ortho nitro benzene ring substituents is 1. The highest BCUT2D eigenvalue weighted by Gasteiger charge is 2.55. The smallest absolute Gasteiger partial charge is 0.336 e. The van der Waals surface area contributed by atoms with Crippen molar-refractivity contribution >= 4 is 41.2 Å². The summed E-state index contributed by atoms with van der Waals surface area (Å²) in [7, 11) is 0. The average Bonchev–Trinajstić information content (AvgIpc) is 2.85. The number of β-lactam (4-membered cyclic amide) rings is 1. The Morgan fingerprint density at radius 1 is 1.14 bits per heavy atom. The number of carboxylic acids is 1. The fraction of sp³-hybridized carbons (Fsp3) is 0.217. The Morgan fingerprint density at radius 3 is 2.43 bits per heavy atom. The number of nitro benzene ring substituents is 1. The predicted octanol–water partition coefficient (Wildman–Crippen LogP) is 2.32. The SMILES string of the molecule is CC1=CS[C@@H]2C(NC(=O)c3ccccc3C(=O)O)C(=O)N2C1C(=O)OCc1ccc([N+](=O)[O-])cc1. The first kappa shape index (κ1) is 24.0. The molecule has 2 aromatic carbocycles. The van der Waals surface area contributed by atoms with Crippen molar-refractivity contribution in [3.8, 4) is 0 Å². The standard InChI is InChI=1S/C23H19N3O8S/c1-12-11-35-21-17(24-19(27)15-4-2-3-5-16(15)22(29)30)20(28)25(21)18(12)23(31)34-10-13-6-8-14(9-7-13)26(32)33/h2-9,11,17-18,21H,10H2,1H3,(H,24,27)(H,29,30)/t17?,18?,21-/m1/s1. The molecule has 12 heteroatoms. The summed E-state index contributed by atoms with van der Waals surface area (Å²) >= 11 is 1.26. The van der Waals surface area contributed by atoms with Crippen LogP contribution in [0.15, 0.2) is 59.5 Å². The minimum absolute atomic E-state index is 0.0714. The molecular formula is C23H19N3O8S. The zero-order valence-corrected chi connectivity index (χ0v) is 19.1. The predicted molar refractivity (Wildman–Crippen MR) is 123 cm³/mol. The van der Waals surface area contributed by atoms with Crippen LogP contribution >= 0.6 is 11.8 Å².